The van der Waals surface area contributed by atoms with Crippen molar-refractivity contribution in [3.05, 3.63) is 51.5 Å². The zero-order valence-corrected chi connectivity index (χ0v) is 12.5. The zero-order chi connectivity index (χ0) is 13.8. The van der Waals surface area contributed by atoms with Crippen LogP contribution < -0.4 is 5.32 Å². The summed E-state index contributed by atoms with van der Waals surface area (Å²) in [7, 11) is 0. The molecule has 19 heavy (non-hydrogen) atoms. The van der Waals surface area contributed by atoms with Gasteiger partial charge in [-0.1, -0.05) is 43.1 Å². The molecule has 0 aliphatic rings. The van der Waals surface area contributed by atoms with Gasteiger partial charge < -0.3 is 10.3 Å². The number of nitrogens with zero attached hydrogens (tertiary/aromatic N) is 1. The predicted octanol–water partition coefficient (Wildman–Crippen LogP) is 3.81. The molecule has 0 unspecified atom stereocenters. The van der Waals surface area contributed by atoms with Gasteiger partial charge in [0.15, 0.2) is 0 Å². The third-order valence-electron chi connectivity index (χ3n) is 2.79. The molecule has 0 saturated heterocycles. The van der Waals surface area contributed by atoms with E-state index in [9.17, 15) is 0 Å². The molecule has 1 heterocycles. The third kappa shape index (κ3) is 3.96. The predicted molar refractivity (Wildman–Crippen MR) is 79.8 cm³/mol. The summed E-state index contributed by atoms with van der Waals surface area (Å²) in [5.74, 6) is 0.871. The van der Waals surface area contributed by atoms with E-state index in [2.05, 4.69) is 29.1 Å². The van der Waals surface area contributed by atoms with Crippen LogP contribution in [-0.2, 0) is 13.0 Å². The number of hydrogen-bond acceptors (Lipinski definition) is 2. The minimum Gasteiger partial charge on any atom is -0.345 e. The van der Waals surface area contributed by atoms with Crippen molar-refractivity contribution in [2.45, 2.75) is 32.9 Å². The number of imidazole rings is 1. The Labute approximate surface area is 123 Å². The summed E-state index contributed by atoms with van der Waals surface area (Å²) < 4.78 is 0. The fourth-order valence-electron chi connectivity index (χ4n) is 1.77. The lowest BCUT2D eigenvalue weighted by atomic mass is 10.1. The van der Waals surface area contributed by atoms with Crippen molar-refractivity contribution >= 4 is 23.2 Å². The van der Waals surface area contributed by atoms with Crippen molar-refractivity contribution < 1.29 is 0 Å². The Morgan fingerprint density at radius 2 is 1.95 bits per heavy atom. The topological polar surface area (TPSA) is 40.7 Å². The highest BCUT2D eigenvalue weighted by molar-refractivity contribution is 6.36. The Bertz CT molecular complexity index is 529. The van der Waals surface area contributed by atoms with Gasteiger partial charge in [0.05, 0.1) is 0 Å². The summed E-state index contributed by atoms with van der Waals surface area (Å²) in [5.41, 5.74) is 1.97. The maximum absolute atomic E-state index is 6.15. The molecule has 2 N–H and O–H groups in total. The third-order valence-corrected chi connectivity index (χ3v) is 3.50. The average molecular weight is 298 g/mol. The first-order valence-corrected chi connectivity index (χ1v) is 7.01. The van der Waals surface area contributed by atoms with Gasteiger partial charge in [-0.3, -0.25) is 0 Å². The molecule has 1 aromatic carbocycles. The molecule has 0 spiro atoms. The molecular weight excluding hydrogens is 281 g/mol. The minimum absolute atomic E-state index is 0.449. The Balaban J connectivity index is 2.07. The molecule has 2 rings (SSSR count). The molecule has 102 valence electrons. The number of halogens is 2. The number of hydrogen-bond donors (Lipinski definition) is 2. The molecular formula is C14H17Cl2N3. The average Bonchev–Trinajstić information content (AvgIpc) is 2.79. The first-order valence-electron chi connectivity index (χ1n) is 6.25. The Morgan fingerprint density at radius 1 is 1.26 bits per heavy atom. The molecule has 0 bridgehead atoms. The number of nitrogens with one attached hydrogen (secondary N) is 2. The van der Waals surface area contributed by atoms with E-state index in [1.807, 2.05) is 24.4 Å². The van der Waals surface area contributed by atoms with Crippen LogP contribution in [-0.4, -0.2) is 16.0 Å². The molecule has 0 atom stereocenters. The van der Waals surface area contributed by atoms with E-state index in [4.69, 9.17) is 23.2 Å². The molecule has 0 radical (unpaired) electrons. The second-order valence-electron chi connectivity index (χ2n) is 4.77. The molecule has 2 aromatic rings. The monoisotopic (exact) mass is 297 g/mol. The zero-order valence-electron chi connectivity index (χ0n) is 11.0. The van der Waals surface area contributed by atoms with Crippen molar-refractivity contribution in [3.63, 3.8) is 0 Å². The Kier molecular flexibility index (Phi) is 4.86. The van der Waals surface area contributed by atoms with Crippen molar-refractivity contribution in [1.82, 2.24) is 15.3 Å². The summed E-state index contributed by atoms with van der Waals surface area (Å²) in [6.07, 6.45) is 2.45. The van der Waals surface area contributed by atoms with Crippen LogP contribution in [0.1, 0.15) is 30.9 Å². The van der Waals surface area contributed by atoms with Crippen LogP contribution in [0.25, 0.3) is 0 Å². The van der Waals surface area contributed by atoms with Crippen molar-refractivity contribution in [2.24, 2.45) is 0 Å². The molecule has 5 heteroatoms. The first-order chi connectivity index (χ1) is 9.06. The van der Waals surface area contributed by atoms with E-state index >= 15 is 0 Å². The highest BCUT2D eigenvalue weighted by atomic mass is 35.5. The summed E-state index contributed by atoms with van der Waals surface area (Å²) in [6, 6.07) is 5.97. The van der Waals surface area contributed by atoms with Gasteiger partial charge in [0.1, 0.15) is 5.82 Å². The normalized spacial score (nSPS) is 11.2. The summed E-state index contributed by atoms with van der Waals surface area (Å²) in [4.78, 5) is 7.64. The number of aromatic nitrogens is 2. The van der Waals surface area contributed by atoms with E-state index in [1.54, 1.807) is 0 Å². The van der Waals surface area contributed by atoms with Gasteiger partial charge in [-0.05, 0) is 17.7 Å². The summed E-state index contributed by atoms with van der Waals surface area (Å²) >= 11 is 12.3. The summed E-state index contributed by atoms with van der Waals surface area (Å²) in [5, 5.41) is 4.68. The van der Waals surface area contributed by atoms with E-state index in [-0.39, 0.29) is 0 Å². The molecule has 0 aliphatic carbocycles. The number of H-pyrrole nitrogens is 1. The fourth-order valence-corrected chi connectivity index (χ4v) is 2.30. The molecule has 3 nitrogen and oxygen atoms in total. The smallest absolute Gasteiger partial charge is 0.110 e. The Hall–Kier alpha value is -1.03. The van der Waals surface area contributed by atoms with Crippen molar-refractivity contribution in [2.75, 3.05) is 0 Å². The van der Waals surface area contributed by atoms with Gasteiger partial charge in [-0.15, -0.1) is 0 Å². The van der Waals surface area contributed by atoms with Gasteiger partial charge in [-0.25, -0.2) is 4.98 Å². The van der Waals surface area contributed by atoms with Crippen LogP contribution in [0, 0.1) is 0 Å². The van der Waals surface area contributed by atoms with E-state index < -0.39 is 0 Å². The standard InChI is InChI=1S/C14H17Cl2N3/c1-9(2)17-7-10-8-18-14(19-10)6-11-12(15)4-3-5-13(11)16/h3-5,8-9,17H,6-7H2,1-2H3,(H,18,19). The van der Waals surface area contributed by atoms with Gasteiger partial charge in [0.2, 0.25) is 0 Å². The maximum atomic E-state index is 6.15. The number of benzene rings is 1. The quantitative estimate of drug-likeness (QED) is 0.881. The molecule has 0 amide bonds. The number of rotatable bonds is 5. The van der Waals surface area contributed by atoms with Gasteiger partial charge in [-0.2, -0.15) is 0 Å². The van der Waals surface area contributed by atoms with E-state index in [0.717, 1.165) is 23.6 Å². The van der Waals surface area contributed by atoms with E-state index in [1.165, 1.54) is 0 Å². The molecule has 1 aromatic heterocycles. The van der Waals surface area contributed by atoms with Crippen LogP contribution in [0.5, 0.6) is 0 Å². The van der Waals surface area contributed by atoms with Crippen molar-refractivity contribution in [3.8, 4) is 0 Å². The lowest BCUT2D eigenvalue weighted by Crippen LogP contribution is -2.21. The molecule has 0 aliphatic heterocycles. The second-order valence-corrected chi connectivity index (χ2v) is 5.58. The SMILES string of the molecule is CC(C)NCc1cnc(Cc2c(Cl)cccc2Cl)[nH]1. The maximum Gasteiger partial charge on any atom is 0.110 e. The second kappa shape index (κ2) is 6.42. The Morgan fingerprint density at radius 3 is 2.58 bits per heavy atom. The highest BCUT2D eigenvalue weighted by Gasteiger charge is 2.09. The molecule has 0 fully saturated rings. The van der Waals surface area contributed by atoms with E-state index in [0.29, 0.717) is 22.5 Å². The minimum atomic E-state index is 0.449. The van der Waals surface area contributed by atoms with Crippen LogP contribution in [0.15, 0.2) is 24.4 Å². The summed E-state index contributed by atoms with van der Waals surface area (Å²) in [6.45, 7) is 5.00. The van der Waals surface area contributed by atoms with Crippen LogP contribution >= 0.6 is 23.2 Å². The van der Waals surface area contributed by atoms with Crippen LogP contribution in [0.4, 0.5) is 0 Å². The largest absolute Gasteiger partial charge is 0.345 e. The lowest BCUT2D eigenvalue weighted by molar-refractivity contribution is 0.582. The van der Waals surface area contributed by atoms with Crippen LogP contribution in [0.3, 0.4) is 0 Å². The molecule has 0 saturated carbocycles. The highest BCUT2D eigenvalue weighted by Crippen LogP contribution is 2.26. The van der Waals surface area contributed by atoms with Crippen LogP contribution in [0.2, 0.25) is 10.0 Å². The van der Waals surface area contributed by atoms with Crippen molar-refractivity contribution in [1.29, 1.82) is 0 Å². The van der Waals surface area contributed by atoms with Gasteiger partial charge >= 0.3 is 0 Å². The lowest BCUT2D eigenvalue weighted by Gasteiger charge is -2.06. The number of aromatic amines is 1. The van der Waals surface area contributed by atoms with Gasteiger partial charge in [0, 0.05) is 40.9 Å². The van der Waals surface area contributed by atoms with Gasteiger partial charge in [0.25, 0.3) is 0 Å². The fraction of sp³-hybridized carbons (Fsp3) is 0.357. The first kappa shape index (κ1) is 14.4.